The van der Waals surface area contributed by atoms with E-state index < -0.39 is 19.7 Å². The monoisotopic (exact) mass is 492 g/mol. The van der Waals surface area contributed by atoms with Crippen LogP contribution in [0.4, 0.5) is 11.4 Å². The van der Waals surface area contributed by atoms with Crippen LogP contribution in [0.15, 0.2) is 107 Å². The number of hydrogen-bond acceptors (Lipinski definition) is 8. The summed E-state index contributed by atoms with van der Waals surface area (Å²) in [6.07, 6.45) is 0. The standard InChI is InChI=1S/C24H16N2O8S/c27-25(28)17-3-1-5-21(15-17)33-19-7-11-23(12-8-19)35(31,32)24-13-9-20(10-14-24)34-22-6-2-4-18(16-22)26(29)30/h1-16H. The highest BCUT2D eigenvalue weighted by Gasteiger charge is 2.18. The van der Waals surface area contributed by atoms with Crippen molar-refractivity contribution >= 4 is 21.2 Å². The molecule has 4 aromatic rings. The minimum absolute atomic E-state index is 0.0243. The molecule has 176 valence electrons. The lowest BCUT2D eigenvalue weighted by Gasteiger charge is -2.09. The highest BCUT2D eigenvalue weighted by atomic mass is 32.2. The fourth-order valence-corrected chi connectivity index (χ4v) is 4.36. The zero-order valence-electron chi connectivity index (χ0n) is 17.8. The van der Waals surface area contributed by atoms with Gasteiger partial charge in [-0.15, -0.1) is 0 Å². The smallest absolute Gasteiger partial charge is 0.273 e. The van der Waals surface area contributed by atoms with Crippen LogP contribution < -0.4 is 9.47 Å². The quantitative estimate of drug-likeness (QED) is 0.218. The maximum absolute atomic E-state index is 13.0. The van der Waals surface area contributed by atoms with Gasteiger partial charge in [0.1, 0.15) is 23.0 Å². The van der Waals surface area contributed by atoms with Gasteiger partial charge in [-0.05, 0) is 60.7 Å². The van der Waals surface area contributed by atoms with Crippen LogP contribution in [0.5, 0.6) is 23.0 Å². The van der Waals surface area contributed by atoms with Crippen LogP contribution in [-0.4, -0.2) is 18.3 Å². The van der Waals surface area contributed by atoms with Gasteiger partial charge in [-0.1, -0.05) is 12.1 Å². The molecule has 4 rings (SSSR count). The maximum Gasteiger partial charge on any atom is 0.273 e. The summed E-state index contributed by atoms with van der Waals surface area (Å²) in [7, 11) is -3.84. The molecule has 0 amide bonds. The first kappa shape index (κ1) is 23.4. The van der Waals surface area contributed by atoms with Gasteiger partial charge in [-0.3, -0.25) is 20.2 Å². The molecule has 0 bridgehead atoms. The maximum atomic E-state index is 13.0. The first-order valence-corrected chi connectivity index (χ1v) is 11.5. The highest BCUT2D eigenvalue weighted by Crippen LogP contribution is 2.30. The topological polar surface area (TPSA) is 139 Å². The van der Waals surface area contributed by atoms with Crippen molar-refractivity contribution in [3.05, 3.63) is 117 Å². The second kappa shape index (κ2) is 9.61. The Kier molecular flexibility index (Phi) is 6.42. The Morgan fingerprint density at radius 2 is 0.914 bits per heavy atom. The number of hydrogen-bond donors (Lipinski definition) is 0. The molecule has 0 heterocycles. The second-order valence-electron chi connectivity index (χ2n) is 7.16. The zero-order valence-corrected chi connectivity index (χ0v) is 18.6. The SMILES string of the molecule is O=[N+]([O-])c1cccc(Oc2ccc(S(=O)(=O)c3ccc(Oc4cccc([N+](=O)[O-])c4)cc3)cc2)c1. The third kappa shape index (κ3) is 5.42. The van der Waals surface area contributed by atoms with Crippen LogP contribution in [0.2, 0.25) is 0 Å². The summed E-state index contributed by atoms with van der Waals surface area (Å²) in [5.41, 5.74) is -0.251. The molecule has 0 aliphatic heterocycles. The minimum atomic E-state index is -3.84. The predicted molar refractivity (Wildman–Crippen MR) is 125 cm³/mol. The van der Waals surface area contributed by atoms with E-state index in [1.54, 1.807) is 12.1 Å². The van der Waals surface area contributed by atoms with E-state index in [1.807, 2.05) is 0 Å². The summed E-state index contributed by atoms with van der Waals surface area (Å²) in [4.78, 5) is 20.8. The van der Waals surface area contributed by atoms with Crippen molar-refractivity contribution in [2.75, 3.05) is 0 Å². The molecule has 0 radical (unpaired) electrons. The zero-order chi connectivity index (χ0) is 25.0. The molecule has 0 spiro atoms. The number of nitrogens with zero attached hydrogens (tertiary/aromatic N) is 2. The number of ether oxygens (including phenoxy) is 2. The van der Waals surface area contributed by atoms with Gasteiger partial charge in [-0.2, -0.15) is 0 Å². The van der Waals surface area contributed by atoms with Gasteiger partial charge in [-0.25, -0.2) is 8.42 Å². The third-order valence-electron chi connectivity index (χ3n) is 4.80. The summed E-state index contributed by atoms with van der Waals surface area (Å²) >= 11 is 0. The van der Waals surface area contributed by atoms with Crippen LogP contribution in [0.1, 0.15) is 0 Å². The van der Waals surface area contributed by atoms with Crippen molar-refractivity contribution in [1.29, 1.82) is 0 Å². The van der Waals surface area contributed by atoms with Crippen LogP contribution in [-0.2, 0) is 9.84 Å². The normalized spacial score (nSPS) is 11.0. The van der Waals surface area contributed by atoms with Gasteiger partial charge in [0.25, 0.3) is 11.4 Å². The Morgan fingerprint density at radius 3 is 1.26 bits per heavy atom. The third-order valence-corrected chi connectivity index (χ3v) is 6.58. The molecule has 0 fully saturated rings. The van der Waals surface area contributed by atoms with Gasteiger partial charge in [0.15, 0.2) is 0 Å². The van der Waals surface area contributed by atoms with Crippen LogP contribution in [0.25, 0.3) is 0 Å². The van der Waals surface area contributed by atoms with E-state index >= 15 is 0 Å². The summed E-state index contributed by atoms with van der Waals surface area (Å²) < 4.78 is 37.1. The fraction of sp³-hybridized carbons (Fsp3) is 0. The first-order chi connectivity index (χ1) is 16.7. The van der Waals surface area contributed by atoms with Crippen molar-refractivity contribution < 1.29 is 27.7 Å². The number of nitro benzene ring substituents is 2. The lowest BCUT2D eigenvalue weighted by Crippen LogP contribution is -2.02. The predicted octanol–water partition coefficient (Wildman–Crippen LogP) is 5.92. The van der Waals surface area contributed by atoms with Crippen molar-refractivity contribution in [3.8, 4) is 23.0 Å². The molecule has 0 aliphatic rings. The van der Waals surface area contributed by atoms with E-state index in [2.05, 4.69) is 0 Å². The molecule has 0 aliphatic carbocycles. The Morgan fingerprint density at radius 1 is 0.543 bits per heavy atom. The molecule has 10 nitrogen and oxygen atoms in total. The second-order valence-corrected chi connectivity index (χ2v) is 9.11. The van der Waals surface area contributed by atoms with E-state index in [0.29, 0.717) is 11.5 Å². The average Bonchev–Trinajstić information content (AvgIpc) is 2.85. The van der Waals surface area contributed by atoms with E-state index in [-0.39, 0.29) is 32.7 Å². The average molecular weight is 492 g/mol. The lowest BCUT2D eigenvalue weighted by molar-refractivity contribution is -0.385. The molecule has 0 N–H and O–H groups in total. The number of benzene rings is 4. The van der Waals surface area contributed by atoms with Gasteiger partial charge in [0.05, 0.1) is 31.8 Å². The number of sulfone groups is 1. The molecule has 35 heavy (non-hydrogen) atoms. The summed E-state index contributed by atoms with van der Waals surface area (Å²) in [5, 5.41) is 21.8. The lowest BCUT2D eigenvalue weighted by atomic mass is 10.3. The molecule has 0 aromatic heterocycles. The largest absolute Gasteiger partial charge is 0.457 e. The molecule has 0 unspecified atom stereocenters. The molecule has 0 saturated carbocycles. The summed E-state index contributed by atoms with van der Waals surface area (Å²) in [6.45, 7) is 0. The molecule has 4 aromatic carbocycles. The van der Waals surface area contributed by atoms with Crippen molar-refractivity contribution in [2.24, 2.45) is 0 Å². The fourth-order valence-electron chi connectivity index (χ4n) is 3.10. The summed E-state index contributed by atoms with van der Waals surface area (Å²) in [5.74, 6) is 1.11. The van der Waals surface area contributed by atoms with Crippen molar-refractivity contribution in [1.82, 2.24) is 0 Å². The molecule has 0 atom stereocenters. The van der Waals surface area contributed by atoms with Gasteiger partial charge in [0, 0.05) is 12.1 Å². The Hall–Kier alpha value is -4.77. The van der Waals surface area contributed by atoms with Crippen LogP contribution >= 0.6 is 0 Å². The molecular formula is C24H16N2O8S. The van der Waals surface area contributed by atoms with E-state index in [0.717, 1.165) is 0 Å². The highest BCUT2D eigenvalue weighted by molar-refractivity contribution is 7.91. The Labute approximate surface area is 199 Å². The van der Waals surface area contributed by atoms with Crippen LogP contribution in [0.3, 0.4) is 0 Å². The van der Waals surface area contributed by atoms with Crippen molar-refractivity contribution in [3.63, 3.8) is 0 Å². The van der Waals surface area contributed by atoms with Gasteiger partial charge in [0.2, 0.25) is 9.84 Å². The van der Waals surface area contributed by atoms with E-state index in [9.17, 15) is 28.6 Å². The van der Waals surface area contributed by atoms with Crippen molar-refractivity contribution in [2.45, 2.75) is 9.79 Å². The summed E-state index contributed by atoms with van der Waals surface area (Å²) in [6, 6.07) is 22.6. The minimum Gasteiger partial charge on any atom is -0.457 e. The Bertz CT molecular complexity index is 1390. The van der Waals surface area contributed by atoms with Gasteiger partial charge < -0.3 is 9.47 Å². The van der Waals surface area contributed by atoms with Crippen LogP contribution in [0, 0.1) is 20.2 Å². The van der Waals surface area contributed by atoms with Gasteiger partial charge >= 0.3 is 0 Å². The Balaban J connectivity index is 1.48. The van der Waals surface area contributed by atoms with E-state index in [4.69, 9.17) is 9.47 Å². The first-order valence-electron chi connectivity index (χ1n) is 10.0. The molecule has 11 heteroatoms. The number of nitro groups is 2. The molecular weight excluding hydrogens is 476 g/mol. The molecule has 0 saturated heterocycles. The van der Waals surface area contributed by atoms with E-state index in [1.165, 1.54) is 84.9 Å². The number of non-ortho nitro benzene ring substituents is 2. The number of rotatable bonds is 8.